The molecule has 4 N–H and O–H groups in total. The molecule has 3 rings (SSSR count). The van der Waals surface area contributed by atoms with Gasteiger partial charge in [0.2, 0.25) is 5.91 Å². The van der Waals surface area contributed by atoms with Crippen LogP contribution in [0.15, 0.2) is 42.5 Å². The summed E-state index contributed by atoms with van der Waals surface area (Å²) in [7, 11) is 0. The molecule has 6 nitrogen and oxygen atoms in total. The molecule has 1 unspecified atom stereocenters. The lowest BCUT2D eigenvalue weighted by atomic mass is 9.89. The number of amides is 3. The minimum absolute atomic E-state index is 0.220. The number of rotatable bonds is 5. The second-order valence-electron chi connectivity index (χ2n) is 7.07. The van der Waals surface area contributed by atoms with E-state index in [2.05, 4.69) is 22.8 Å². The summed E-state index contributed by atoms with van der Waals surface area (Å²) in [4.78, 5) is 35.7. The molecule has 0 spiro atoms. The summed E-state index contributed by atoms with van der Waals surface area (Å²) in [5, 5.41) is 5.35. The van der Waals surface area contributed by atoms with Gasteiger partial charge in [-0.3, -0.25) is 14.4 Å². The van der Waals surface area contributed by atoms with Crippen molar-refractivity contribution in [1.29, 1.82) is 0 Å². The van der Waals surface area contributed by atoms with Crippen LogP contribution >= 0.6 is 0 Å². The van der Waals surface area contributed by atoms with Gasteiger partial charge in [0.15, 0.2) is 0 Å². The molecule has 1 atom stereocenters. The number of aryl methyl sites for hydroxylation is 2. The fourth-order valence-electron chi connectivity index (χ4n) is 3.52. The molecule has 28 heavy (non-hydrogen) atoms. The zero-order valence-corrected chi connectivity index (χ0v) is 16.0. The maximum atomic E-state index is 12.4. The predicted molar refractivity (Wildman–Crippen MR) is 108 cm³/mol. The van der Waals surface area contributed by atoms with E-state index < -0.39 is 17.7 Å². The van der Waals surface area contributed by atoms with Crippen molar-refractivity contribution in [2.24, 2.45) is 5.73 Å². The van der Waals surface area contributed by atoms with Crippen molar-refractivity contribution in [3.8, 4) is 0 Å². The van der Waals surface area contributed by atoms with Gasteiger partial charge in [-0.2, -0.15) is 0 Å². The molecule has 1 aliphatic carbocycles. The van der Waals surface area contributed by atoms with Crippen LogP contribution in [0.3, 0.4) is 0 Å². The van der Waals surface area contributed by atoms with Gasteiger partial charge < -0.3 is 16.4 Å². The molecule has 6 heteroatoms. The number of hydrogen-bond donors (Lipinski definition) is 3. The molecule has 146 valence electrons. The Morgan fingerprint density at radius 2 is 1.64 bits per heavy atom. The summed E-state index contributed by atoms with van der Waals surface area (Å²) in [6.45, 7) is 1.98. The van der Waals surface area contributed by atoms with E-state index in [1.807, 2.05) is 13.0 Å². The van der Waals surface area contributed by atoms with Crippen LogP contribution < -0.4 is 16.4 Å². The summed E-state index contributed by atoms with van der Waals surface area (Å²) in [6.07, 6.45) is 5.27. The van der Waals surface area contributed by atoms with Crippen LogP contribution in [0.5, 0.6) is 0 Å². The first-order valence-corrected chi connectivity index (χ1v) is 9.61. The number of carbonyl (C=O) groups excluding carboxylic acids is 3. The Morgan fingerprint density at radius 1 is 0.964 bits per heavy atom. The number of carbonyl (C=O) groups is 3. The van der Waals surface area contributed by atoms with Crippen molar-refractivity contribution < 1.29 is 14.4 Å². The third-order valence-corrected chi connectivity index (χ3v) is 5.12. The lowest BCUT2D eigenvalue weighted by Crippen LogP contribution is -2.37. The monoisotopic (exact) mass is 379 g/mol. The minimum Gasteiger partial charge on any atom is -0.366 e. The van der Waals surface area contributed by atoms with E-state index in [0.717, 1.165) is 18.4 Å². The summed E-state index contributed by atoms with van der Waals surface area (Å²) in [5.41, 5.74) is 9.70. The smallest absolute Gasteiger partial charge is 0.313 e. The van der Waals surface area contributed by atoms with E-state index in [9.17, 15) is 14.4 Å². The van der Waals surface area contributed by atoms with Crippen LogP contribution in [-0.2, 0) is 22.4 Å². The highest BCUT2D eigenvalue weighted by Crippen LogP contribution is 2.26. The van der Waals surface area contributed by atoms with Gasteiger partial charge in [0.25, 0.3) is 0 Å². The van der Waals surface area contributed by atoms with Crippen molar-refractivity contribution in [1.82, 2.24) is 5.32 Å². The highest BCUT2D eigenvalue weighted by molar-refractivity contribution is 6.39. The van der Waals surface area contributed by atoms with Crippen molar-refractivity contribution in [2.45, 2.75) is 45.1 Å². The van der Waals surface area contributed by atoms with Crippen molar-refractivity contribution >= 4 is 23.4 Å². The normalized spacial score (nSPS) is 13.9. The SMILES string of the molecule is CCC(NC(=O)C(=O)Nc1ccc(C(N)=O)cc1)c1ccc2c(c1)CCCC2. The van der Waals surface area contributed by atoms with Crippen LogP contribution in [0.2, 0.25) is 0 Å². The largest absolute Gasteiger partial charge is 0.366 e. The molecule has 2 aromatic carbocycles. The standard InChI is InChI=1S/C22H25N3O3/c1-2-19(17-8-7-14-5-3-4-6-16(14)13-17)25-22(28)21(27)24-18-11-9-15(10-12-18)20(23)26/h7-13,19H,2-6H2,1H3,(H2,23,26)(H,24,27)(H,25,28). The highest BCUT2D eigenvalue weighted by Gasteiger charge is 2.20. The lowest BCUT2D eigenvalue weighted by molar-refractivity contribution is -0.136. The number of hydrogen-bond acceptors (Lipinski definition) is 3. The van der Waals surface area contributed by atoms with Gasteiger partial charge in [-0.15, -0.1) is 0 Å². The van der Waals surface area contributed by atoms with Gasteiger partial charge in [0, 0.05) is 11.3 Å². The molecule has 0 fully saturated rings. The van der Waals surface area contributed by atoms with Gasteiger partial charge in [-0.05, 0) is 73.1 Å². The van der Waals surface area contributed by atoms with E-state index in [1.54, 1.807) is 0 Å². The van der Waals surface area contributed by atoms with E-state index in [0.29, 0.717) is 17.7 Å². The van der Waals surface area contributed by atoms with E-state index in [4.69, 9.17) is 5.73 Å². The van der Waals surface area contributed by atoms with E-state index in [-0.39, 0.29) is 6.04 Å². The molecule has 0 bridgehead atoms. The summed E-state index contributed by atoms with van der Waals surface area (Å²) >= 11 is 0. The quantitative estimate of drug-likeness (QED) is 0.696. The third-order valence-electron chi connectivity index (χ3n) is 5.12. The van der Waals surface area contributed by atoms with Crippen molar-refractivity contribution in [2.75, 3.05) is 5.32 Å². The van der Waals surface area contributed by atoms with Crippen LogP contribution in [0.4, 0.5) is 5.69 Å². The van der Waals surface area contributed by atoms with Crippen molar-refractivity contribution in [3.05, 3.63) is 64.7 Å². The van der Waals surface area contributed by atoms with Gasteiger partial charge in [0.1, 0.15) is 0 Å². The van der Waals surface area contributed by atoms with Gasteiger partial charge in [-0.25, -0.2) is 0 Å². The first kappa shape index (κ1) is 19.6. The Kier molecular flexibility index (Phi) is 6.09. The first-order chi connectivity index (χ1) is 13.5. The average molecular weight is 379 g/mol. The topological polar surface area (TPSA) is 101 Å². The molecule has 3 amide bonds. The van der Waals surface area contributed by atoms with Gasteiger partial charge in [-0.1, -0.05) is 25.1 Å². The van der Waals surface area contributed by atoms with Gasteiger partial charge in [0.05, 0.1) is 6.04 Å². The molecule has 0 aromatic heterocycles. The lowest BCUT2D eigenvalue weighted by Gasteiger charge is -2.21. The molecular weight excluding hydrogens is 354 g/mol. The molecule has 1 aliphatic rings. The first-order valence-electron chi connectivity index (χ1n) is 9.61. The van der Waals surface area contributed by atoms with E-state index >= 15 is 0 Å². The van der Waals surface area contributed by atoms with Crippen LogP contribution in [0.1, 0.15) is 59.3 Å². The number of primary amides is 1. The molecular formula is C22H25N3O3. The summed E-state index contributed by atoms with van der Waals surface area (Å²) in [5.74, 6) is -1.99. The number of nitrogens with one attached hydrogen (secondary N) is 2. The van der Waals surface area contributed by atoms with Gasteiger partial charge >= 0.3 is 11.8 Å². The maximum Gasteiger partial charge on any atom is 0.313 e. The Hall–Kier alpha value is -3.15. The van der Waals surface area contributed by atoms with E-state index in [1.165, 1.54) is 48.2 Å². The van der Waals surface area contributed by atoms with Crippen LogP contribution in [0, 0.1) is 0 Å². The Labute approximate surface area is 164 Å². The average Bonchev–Trinajstić information content (AvgIpc) is 2.71. The Balaban J connectivity index is 1.64. The van der Waals surface area contributed by atoms with Crippen molar-refractivity contribution in [3.63, 3.8) is 0 Å². The van der Waals surface area contributed by atoms with Crippen LogP contribution in [0.25, 0.3) is 0 Å². The third kappa shape index (κ3) is 4.57. The predicted octanol–water partition coefficient (Wildman–Crippen LogP) is 2.87. The molecule has 0 saturated carbocycles. The fourth-order valence-corrected chi connectivity index (χ4v) is 3.52. The Morgan fingerprint density at radius 3 is 2.29 bits per heavy atom. The number of fused-ring (bicyclic) bond motifs is 1. The van der Waals surface area contributed by atoms with Crippen LogP contribution in [-0.4, -0.2) is 17.7 Å². The number of anilines is 1. The number of benzene rings is 2. The highest BCUT2D eigenvalue weighted by atomic mass is 16.2. The second-order valence-corrected chi connectivity index (χ2v) is 7.07. The zero-order chi connectivity index (χ0) is 20.1. The number of nitrogens with two attached hydrogens (primary N) is 1. The molecule has 0 aliphatic heterocycles. The molecule has 2 aromatic rings. The molecule has 0 radical (unpaired) electrons. The fraction of sp³-hybridized carbons (Fsp3) is 0.318. The molecule has 0 saturated heterocycles. The minimum atomic E-state index is -0.747. The summed E-state index contributed by atoms with van der Waals surface area (Å²) < 4.78 is 0. The Bertz CT molecular complexity index is 890. The summed E-state index contributed by atoms with van der Waals surface area (Å²) in [6, 6.07) is 12.2. The maximum absolute atomic E-state index is 12.4. The zero-order valence-electron chi connectivity index (χ0n) is 16.0. The second kappa shape index (κ2) is 8.69. The molecule has 0 heterocycles.